The number of rotatable bonds is 3. The fourth-order valence-corrected chi connectivity index (χ4v) is 2.19. The third-order valence-electron chi connectivity index (χ3n) is 2.80. The molecule has 1 aromatic heterocycles. The summed E-state index contributed by atoms with van der Waals surface area (Å²) in [6, 6.07) is 3.30. The number of carbonyl (C=O) groups is 2. The van der Waals surface area contributed by atoms with Crippen LogP contribution in [0.15, 0.2) is 21.2 Å². The third kappa shape index (κ3) is 3.11. The molecule has 18 heavy (non-hydrogen) atoms. The lowest BCUT2D eigenvalue weighted by Gasteiger charge is -2.33. The lowest BCUT2D eigenvalue weighted by atomic mass is 10.3. The standard InChI is InChI=1S/C11H13BrN2O4/c12-9-2-1-8(18-9)11(17)14-5-3-13(4-6-14)7-10(15)16/h1-2H,3-7H2,(H,15,16). The van der Waals surface area contributed by atoms with Crippen molar-refractivity contribution >= 4 is 27.8 Å². The molecule has 0 aromatic carbocycles. The number of piperazine rings is 1. The fourth-order valence-electron chi connectivity index (χ4n) is 1.89. The molecule has 0 unspecified atom stereocenters. The zero-order valence-corrected chi connectivity index (χ0v) is 11.2. The van der Waals surface area contributed by atoms with Crippen LogP contribution < -0.4 is 0 Å². The number of carbonyl (C=O) groups excluding carboxylic acids is 1. The highest BCUT2D eigenvalue weighted by Gasteiger charge is 2.24. The number of hydrogen-bond acceptors (Lipinski definition) is 4. The molecule has 6 nitrogen and oxygen atoms in total. The maximum atomic E-state index is 12.0. The molecule has 1 N–H and O–H groups in total. The number of carboxylic acids is 1. The Morgan fingerprint density at radius 1 is 1.28 bits per heavy atom. The number of carboxylic acid groups (broad SMARTS) is 1. The highest BCUT2D eigenvalue weighted by atomic mass is 79.9. The summed E-state index contributed by atoms with van der Waals surface area (Å²) in [6.45, 7) is 2.20. The number of nitrogens with zero attached hydrogens (tertiary/aromatic N) is 2. The van der Waals surface area contributed by atoms with Gasteiger partial charge in [0.05, 0.1) is 6.54 Å². The van der Waals surface area contributed by atoms with Crippen molar-refractivity contribution in [2.24, 2.45) is 0 Å². The second-order valence-electron chi connectivity index (χ2n) is 4.07. The monoisotopic (exact) mass is 316 g/mol. The van der Waals surface area contributed by atoms with E-state index in [0.29, 0.717) is 36.6 Å². The Hall–Kier alpha value is -1.34. The fraction of sp³-hybridized carbons (Fsp3) is 0.455. The normalized spacial score (nSPS) is 16.8. The lowest BCUT2D eigenvalue weighted by molar-refractivity contribution is -0.138. The van der Waals surface area contributed by atoms with Gasteiger partial charge >= 0.3 is 5.97 Å². The third-order valence-corrected chi connectivity index (χ3v) is 3.23. The van der Waals surface area contributed by atoms with Gasteiger partial charge in [-0.1, -0.05) is 0 Å². The summed E-state index contributed by atoms with van der Waals surface area (Å²) in [6.07, 6.45) is 0. The van der Waals surface area contributed by atoms with Gasteiger partial charge in [0.15, 0.2) is 10.4 Å². The highest BCUT2D eigenvalue weighted by molar-refractivity contribution is 9.10. The van der Waals surface area contributed by atoms with E-state index < -0.39 is 5.97 Å². The SMILES string of the molecule is O=C(O)CN1CCN(C(=O)c2ccc(Br)o2)CC1. The maximum absolute atomic E-state index is 12.0. The van der Waals surface area contributed by atoms with Crippen molar-refractivity contribution in [1.29, 1.82) is 0 Å². The van der Waals surface area contributed by atoms with Crippen molar-refractivity contribution in [3.63, 3.8) is 0 Å². The van der Waals surface area contributed by atoms with Gasteiger partial charge in [0.25, 0.3) is 5.91 Å². The second kappa shape index (κ2) is 5.53. The molecule has 0 bridgehead atoms. The summed E-state index contributed by atoms with van der Waals surface area (Å²) in [5.41, 5.74) is 0. The van der Waals surface area contributed by atoms with E-state index in [9.17, 15) is 9.59 Å². The molecule has 0 radical (unpaired) electrons. The molecular weight excluding hydrogens is 304 g/mol. The van der Waals surface area contributed by atoms with Crippen molar-refractivity contribution in [3.8, 4) is 0 Å². The lowest BCUT2D eigenvalue weighted by Crippen LogP contribution is -2.49. The van der Waals surface area contributed by atoms with Gasteiger partial charge < -0.3 is 14.4 Å². The topological polar surface area (TPSA) is 74.0 Å². The van der Waals surface area contributed by atoms with E-state index in [1.807, 2.05) is 4.90 Å². The molecule has 7 heteroatoms. The molecule has 1 aliphatic rings. The smallest absolute Gasteiger partial charge is 0.317 e. The van der Waals surface area contributed by atoms with E-state index in [0.717, 1.165) is 0 Å². The van der Waals surface area contributed by atoms with Crippen LogP contribution in [-0.2, 0) is 4.79 Å². The van der Waals surface area contributed by atoms with E-state index in [1.54, 1.807) is 17.0 Å². The Bertz CT molecular complexity index is 452. The van der Waals surface area contributed by atoms with Gasteiger partial charge in [-0.05, 0) is 28.1 Å². The predicted octanol–water partition coefficient (Wildman–Crippen LogP) is 0.885. The largest absolute Gasteiger partial charge is 0.480 e. The second-order valence-corrected chi connectivity index (χ2v) is 4.85. The summed E-state index contributed by atoms with van der Waals surface area (Å²) in [7, 11) is 0. The zero-order chi connectivity index (χ0) is 13.1. The number of halogens is 1. The van der Waals surface area contributed by atoms with Crippen LogP contribution in [0.5, 0.6) is 0 Å². The zero-order valence-electron chi connectivity index (χ0n) is 9.63. The van der Waals surface area contributed by atoms with Gasteiger partial charge in [-0.15, -0.1) is 0 Å². The number of furan rings is 1. The minimum Gasteiger partial charge on any atom is -0.480 e. The predicted molar refractivity (Wildman–Crippen MR) is 66.4 cm³/mol. The summed E-state index contributed by atoms with van der Waals surface area (Å²) >= 11 is 3.15. The first-order chi connectivity index (χ1) is 8.56. The summed E-state index contributed by atoms with van der Waals surface area (Å²) in [4.78, 5) is 26.1. The van der Waals surface area contributed by atoms with Crippen LogP contribution in [0.4, 0.5) is 0 Å². The van der Waals surface area contributed by atoms with Crippen LogP contribution in [0, 0.1) is 0 Å². The molecule has 2 rings (SSSR count). The molecule has 0 spiro atoms. The van der Waals surface area contributed by atoms with Crippen molar-refractivity contribution in [1.82, 2.24) is 9.80 Å². The molecule has 1 aromatic rings. The highest BCUT2D eigenvalue weighted by Crippen LogP contribution is 2.16. The number of aliphatic carboxylic acids is 1. The first kappa shape index (κ1) is 13.1. The molecule has 1 saturated heterocycles. The molecule has 2 heterocycles. The molecule has 0 atom stereocenters. The average molecular weight is 317 g/mol. The molecular formula is C11H13BrN2O4. The van der Waals surface area contributed by atoms with Crippen LogP contribution in [0.3, 0.4) is 0 Å². The maximum Gasteiger partial charge on any atom is 0.317 e. The van der Waals surface area contributed by atoms with Crippen LogP contribution >= 0.6 is 15.9 Å². The van der Waals surface area contributed by atoms with Crippen LogP contribution in [0.1, 0.15) is 10.6 Å². The van der Waals surface area contributed by atoms with Crippen LogP contribution in [-0.4, -0.2) is 59.5 Å². The Balaban J connectivity index is 1.90. The molecule has 0 aliphatic carbocycles. The van der Waals surface area contributed by atoms with E-state index in [4.69, 9.17) is 9.52 Å². The molecule has 1 amide bonds. The van der Waals surface area contributed by atoms with E-state index in [1.165, 1.54) is 0 Å². The van der Waals surface area contributed by atoms with Gasteiger partial charge in [0.1, 0.15) is 0 Å². The first-order valence-electron chi connectivity index (χ1n) is 5.55. The minimum atomic E-state index is -0.843. The number of amides is 1. The Kier molecular flexibility index (Phi) is 4.03. The summed E-state index contributed by atoms with van der Waals surface area (Å²) in [5, 5.41) is 8.68. The van der Waals surface area contributed by atoms with E-state index in [-0.39, 0.29) is 12.5 Å². The Morgan fingerprint density at radius 3 is 2.44 bits per heavy atom. The van der Waals surface area contributed by atoms with Gasteiger partial charge in [-0.25, -0.2) is 0 Å². The Morgan fingerprint density at radius 2 is 1.94 bits per heavy atom. The minimum absolute atomic E-state index is 0.0222. The van der Waals surface area contributed by atoms with E-state index in [2.05, 4.69) is 15.9 Å². The summed E-state index contributed by atoms with van der Waals surface area (Å²) < 4.78 is 5.73. The Labute approximate surface area is 112 Å². The molecule has 0 saturated carbocycles. The van der Waals surface area contributed by atoms with Crippen molar-refractivity contribution in [2.45, 2.75) is 0 Å². The van der Waals surface area contributed by atoms with Crippen molar-refractivity contribution in [3.05, 3.63) is 22.6 Å². The van der Waals surface area contributed by atoms with Gasteiger partial charge in [0, 0.05) is 26.2 Å². The van der Waals surface area contributed by atoms with Crippen molar-refractivity contribution < 1.29 is 19.1 Å². The van der Waals surface area contributed by atoms with Crippen LogP contribution in [0.2, 0.25) is 0 Å². The van der Waals surface area contributed by atoms with Gasteiger partial charge in [-0.3, -0.25) is 14.5 Å². The average Bonchev–Trinajstić information content (AvgIpc) is 2.75. The summed E-state index contributed by atoms with van der Waals surface area (Å²) in [5.74, 6) is -0.700. The van der Waals surface area contributed by atoms with Gasteiger partial charge in [-0.2, -0.15) is 0 Å². The van der Waals surface area contributed by atoms with Crippen LogP contribution in [0.25, 0.3) is 0 Å². The van der Waals surface area contributed by atoms with Crippen molar-refractivity contribution in [2.75, 3.05) is 32.7 Å². The molecule has 1 fully saturated rings. The van der Waals surface area contributed by atoms with E-state index >= 15 is 0 Å². The first-order valence-corrected chi connectivity index (χ1v) is 6.34. The molecule has 98 valence electrons. The van der Waals surface area contributed by atoms with Gasteiger partial charge in [0.2, 0.25) is 0 Å². The number of hydrogen-bond donors (Lipinski definition) is 1. The molecule has 1 aliphatic heterocycles. The quantitative estimate of drug-likeness (QED) is 0.896.